The smallest absolute Gasteiger partial charge is 0.124 e. The van der Waals surface area contributed by atoms with Gasteiger partial charge < -0.3 is 14.0 Å². The minimum atomic E-state index is 0.696. The maximum Gasteiger partial charge on any atom is 0.124 e. The van der Waals surface area contributed by atoms with Gasteiger partial charge in [-0.3, -0.25) is 0 Å². The first-order chi connectivity index (χ1) is 10.3. The summed E-state index contributed by atoms with van der Waals surface area (Å²) in [6.07, 6.45) is 5.60. The molecule has 0 saturated heterocycles. The number of benzene rings is 1. The first kappa shape index (κ1) is 15.6. The number of hydrogen-bond donors (Lipinski definition) is 0. The first-order valence-electron chi connectivity index (χ1n) is 7.51. The SMILES string of the molecule is Cc1ccc(OCCCOCCCCc2ccon2)cc1. The summed E-state index contributed by atoms with van der Waals surface area (Å²) in [5, 5.41) is 3.88. The summed E-state index contributed by atoms with van der Waals surface area (Å²) >= 11 is 0. The van der Waals surface area contributed by atoms with E-state index in [-0.39, 0.29) is 0 Å². The molecule has 2 aromatic rings. The van der Waals surface area contributed by atoms with E-state index in [1.807, 2.05) is 18.2 Å². The van der Waals surface area contributed by atoms with Crippen molar-refractivity contribution < 1.29 is 14.0 Å². The van der Waals surface area contributed by atoms with Crippen LogP contribution in [0.3, 0.4) is 0 Å². The third kappa shape index (κ3) is 6.45. The standard InChI is InChI=1S/C17H23NO3/c1-15-6-8-17(9-7-15)20-13-4-12-19-11-3-2-5-16-10-14-21-18-16/h6-10,14H,2-5,11-13H2,1H3. The van der Waals surface area contributed by atoms with Gasteiger partial charge in [0.05, 0.1) is 12.3 Å². The Morgan fingerprint density at radius 1 is 0.952 bits per heavy atom. The highest BCUT2D eigenvalue weighted by Crippen LogP contribution is 2.11. The van der Waals surface area contributed by atoms with Gasteiger partial charge in [-0.25, -0.2) is 0 Å². The summed E-state index contributed by atoms with van der Waals surface area (Å²) in [7, 11) is 0. The van der Waals surface area contributed by atoms with Crippen molar-refractivity contribution in [3.05, 3.63) is 47.9 Å². The monoisotopic (exact) mass is 289 g/mol. The Kier molecular flexibility index (Phi) is 6.81. The predicted molar refractivity (Wildman–Crippen MR) is 81.6 cm³/mol. The zero-order valence-corrected chi connectivity index (χ0v) is 12.6. The van der Waals surface area contributed by atoms with Crippen LogP contribution in [0.2, 0.25) is 0 Å². The van der Waals surface area contributed by atoms with Gasteiger partial charge in [0.25, 0.3) is 0 Å². The average molecular weight is 289 g/mol. The molecule has 114 valence electrons. The van der Waals surface area contributed by atoms with Crippen molar-refractivity contribution >= 4 is 0 Å². The fourth-order valence-corrected chi connectivity index (χ4v) is 1.96. The normalized spacial score (nSPS) is 10.7. The maximum absolute atomic E-state index is 5.64. The lowest BCUT2D eigenvalue weighted by Gasteiger charge is -2.07. The highest BCUT2D eigenvalue weighted by molar-refractivity contribution is 5.26. The van der Waals surface area contributed by atoms with Crippen LogP contribution in [0, 0.1) is 6.92 Å². The molecule has 1 aromatic heterocycles. The van der Waals surface area contributed by atoms with Crippen LogP contribution in [0.15, 0.2) is 41.1 Å². The molecule has 0 saturated carbocycles. The molecule has 0 radical (unpaired) electrons. The molecule has 0 aliphatic rings. The molecule has 0 bridgehead atoms. The number of aromatic nitrogens is 1. The second-order valence-corrected chi connectivity index (χ2v) is 5.08. The molecule has 1 heterocycles. The van der Waals surface area contributed by atoms with Crippen LogP contribution in [0.25, 0.3) is 0 Å². The Labute approximate surface area is 126 Å². The molecule has 21 heavy (non-hydrogen) atoms. The number of rotatable bonds is 10. The van der Waals surface area contributed by atoms with Crippen LogP contribution in [0.1, 0.15) is 30.5 Å². The molecule has 4 nitrogen and oxygen atoms in total. The third-order valence-electron chi connectivity index (χ3n) is 3.19. The highest BCUT2D eigenvalue weighted by Gasteiger charge is 1.97. The van der Waals surface area contributed by atoms with Gasteiger partial charge in [0.2, 0.25) is 0 Å². The quantitative estimate of drug-likeness (QED) is 0.624. The van der Waals surface area contributed by atoms with Crippen LogP contribution < -0.4 is 4.74 Å². The summed E-state index contributed by atoms with van der Waals surface area (Å²) in [6.45, 7) is 4.31. The summed E-state index contributed by atoms with van der Waals surface area (Å²) in [6, 6.07) is 10.0. The first-order valence-corrected chi connectivity index (χ1v) is 7.51. The van der Waals surface area contributed by atoms with Crippen LogP contribution in [-0.4, -0.2) is 25.0 Å². The second-order valence-electron chi connectivity index (χ2n) is 5.08. The molecule has 0 N–H and O–H groups in total. The van der Waals surface area contributed by atoms with Gasteiger partial charge in [-0.2, -0.15) is 0 Å². The summed E-state index contributed by atoms with van der Waals surface area (Å²) in [4.78, 5) is 0. The molecule has 4 heteroatoms. The number of nitrogens with zero attached hydrogens (tertiary/aromatic N) is 1. The van der Waals surface area contributed by atoms with E-state index < -0.39 is 0 Å². The van der Waals surface area contributed by atoms with Crippen LogP contribution in [-0.2, 0) is 11.2 Å². The topological polar surface area (TPSA) is 44.5 Å². The lowest BCUT2D eigenvalue weighted by Crippen LogP contribution is -2.04. The zero-order valence-electron chi connectivity index (χ0n) is 12.6. The maximum atomic E-state index is 5.64. The van der Waals surface area contributed by atoms with Gasteiger partial charge in [-0.15, -0.1) is 0 Å². The molecule has 0 atom stereocenters. The molecule has 1 aromatic carbocycles. The van der Waals surface area contributed by atoms with Gasteiger partial charge >= 0.3 is 0 Å². The van der Waals surface area contributed by atoms with E-state index in [1.165, 1.54) is 5.56 Å². The summed E-state index contributed by atoms with van der Waals surface area (Å²) in [5.41, 5.74) is 2.26. The molecule has 0 spiro atoms. The van der Waals surface area contributed by atoms with Gasteiger partial charge in [-0.05, 0) is 38.3 Å². The third-order valence-corrected chi connectivity index (χ3v) is 3.19. The van der Waals surface area contributed by atoms with Crippen molar-refractivity contribution in [2.75, 3.05) is 19.8 Å². The summed E-state index contributed by atoms with van der Waals surface area (Å²) < 4.78 is 16.0. The Hall–Kier alpha value is -1.81. The molecule has 0 fully saturated rings. The fraction of sp³-hybridized carbons (Fsp3) is 0.471. The average Bonchev–Trinajstić information content (AvgIpc) is 3.01. The van der Waals surface area contributed by atoms with Gasteiger partial charge in [0.1, 0.15) is 12.0 Å². The van der Waals surface area contributed by atoms with Crippen LogP contribution in [0.4, 0.5) is 0 Å². The lowest BCUT2D eigenvalue weighted by molar-refractivity contribution is 0.116. The highest BCUT2D eigenvalue weighted by atomic mass is 16.5. The number of aryl methyl sites for hydroxylation is 2. The van der Waals surface area contributed by atoms with Crippen molar-refractivity contribution in [1.82, 2.24) is 5.16 Å². The van der Waals surface area contributed by atoms with Crippen molar-refractivity contribution in [2.45, 2.75) is 32.6 Å². The Bertz CT molecular complexity index is 479. The minimum Gasteiger partial charge on any atom is -0.494 e. The van der Waals surface area contributed by atoms with E-state index >= 15 is 0 Å². The molecule has 0 aliphatic heterocycles. The Morgan fingerprint density at radius 3 is 2.52 bits per heavy atom. The number of hydrogen-bond acceptors (Lipinski definition) is 4. The van der Waals surface area contributed by atoms with E-state index in [9.17, 15) is 0 Å². The van der Waals surface area contributed by atoms with E-state index in [0.29, 0.717) is 6.61 Å². The Balaban J connectivity index is 1.41. The largest absolute Gasteiger partial charge is 0.494 e. The van der Waals surface area contributed by atoms with Gasteiger partial charge in [0.15, 0.2) is 0 Å². The Morgan fingerprint density at radius 2 is 1.76 bits per heavy atom. The van der Waals surface area contributed by atoms with Crippen molar-refractivity contribution in [1.29, 1.82) is 0 Å². The van der Waals surface area contributed by atoms with Crippen molar-refractivity contribution in [3.63, 3.8) is 0 Å². The molecular weight excluding hydrogens is 266 g/mol. The molecular formula is C17H23NO3. The molecule has 0 unspecified atom stereocenters. The van der Waals surface area contributed by atoms with Crippen LogP contribution in [0.5, 0.6) is 5.75 Å². The van der Waals surface area contributed by atoms with E-state index in [4.69, 9.17) is 14.0 Å². The predicted octanol–water partition coefficient (Wildman–Crippen LogP) is 3.79. The van der Waals surface area contributed by atoms with E-state index in [0.717, 1.165) is 50.3 Å². The van der Waals surface area contributed by atoms with Gasteiger partial charge in [0, 0.05) is 25.7 Å². The fourth-order valence-electron chi connectivity index (χ4n) is 1.96. The summed E-state index contributed by atoms with van der Waals surface area (Å²) in [5.74, 6) is 0.924. The number of unbranched alkanes of at least 4 members (excludes halogenated alkanes) is 1. The zero-order chi connectivity index (χ0) is 14.8. The minimum absolute atomic E-state index is 0.696. The van der Waals surface area contributed by atoms with E-state index in [1.54, 1.807) is 6.26 Å². The molecule has 0 amide bonds. The van der Waals surface area contributed by atoms with Crippen molar-refractivity contribution in [2.24, 2.45) is 0 Å². The number of ether oxygens (including phenoxy) is 2. The van der Waals surface area contributed by atoms with Crippen LogP contribution >= 0.6 is 0 Å². The lowest BCUT2D eigenvalue weighted by atomic mass is 10.2. The van der Waals surface area contributed by atoms with Gasteiger partial charge in [-0.1, -0.05) is 22.9 Å². The van der Waals surface area contributed by atoms with E-state index in [2.05, 4.69) is 24.2 Å². The molecule has 2 rings (SSSR count). The second kappa shape index (κ2) is 9.19. The molecule has 0 aliphatic carbocycles. The van der Waals surface area contributed by atoms with Crippen molar-refractivity contribution in [3.8, 4) is 5.75 Å².